The number of anilines is 3. The number of aromatic nitrogens is 1. The van der Waals surface area contributed by atoms with Crippen molar-refractivity contribution in [2.75, 3.05) is 4.90 Å². The minimum absolute atomic E-state index is 1.08. The minimum atomic E-state index is 1.08. The molecule has 0 aliphatic carbocycles. The molecule has 0 saturated heterocycles. The molecule has 0 unspecified atom stereocenters. The number of hydrogen-bond acceptors (Lipinski definition) is 1. The van der Waals surface area contributed by atoms with Gasteiger partial charge in [0.05, 0.1) is 11.0 Å². The van der Waals surface area contributed by atoms with Crippen molar-refractivity contribution >= 4 is 71.2 Å². The monoisotopic (exact) mass is 864 g/mol. The van der Waals surface area contributed by atoms with Gasteiger partial charge in [-0.2, -0.15) is 0 Å². The summed E-state index contributed by atoms with van der Waals surface area (Å²) in [5.74, 6) is 0. The summed E-state index contributed by atoms with van der Waals surface area (Å²) >= 11 is 0. The van der Waals surface area contributed by atoms with Crippen molar-refractivity contribution in [2.24, 2.45) is 0 Å². The van der Waals surface area contributed by atoms with Crippen LogP contribution in [0.2, 0.25) is 0 Å². The highest BCUT2D eigenvalue weighted by Gasteiger charge is 2.21. The van der Waals surface area contributed by atoms with Crippen LogP contribution in [0, 0.1) is 0 Å². The Balaban J connectivity index is 1.01. The summed E-state index contributed by atoms with van der Waals surface area (Å²) in [4.78, 5) is 2.42. The van der Waals surface area contributed by atoms with Gasteiger partial charge >= 0.3 is 0 Å². The highest BCUT2D eigenvalue weighted by molar-refractivity contribution is 6.22. The fourth-order valence-corrected chi connectivity index (χ4v) is 10.7. The van der Waals surface area contributed by atoms with Crippen molar-refractivity contribution in [1.29, 1.82) is 0 Å². The molecule has 2 heteroatoms. The Labute approximate surface area is 395 Å². The van der Waals surface area contributed by atoms with Crippen molar-refractivity contribution < 1.29 is 0 Å². The number of rotatable bonds is 8. The van der Waals surface area contributed by atoms with E-state index in [0.29, 0.717) is 0 Å². The fraction of sp³-hybridized carbons (Fsp3) is 0. The summed E-state index contributed by atoms with van der Waals surface area (Å²) in [6.07, 6.45) is 0. The molecular weight excluding hydrogens is 821 g/mol. The van der Waals surface area contributed by atoms with E-state index in [2.05, 4.69) is 276 Å². The van der Waals surface area contributed by atoms with Crippen molar-refractivity contribution in [3.8, 4) is 50.2 Å². The third kappa shape index (κ3) is 6.65. The van der Waals surface area contributed by atoms with Crippen LogP contribution in [0.5, 0.6) is 0 Å². The predicted molar refractivity (Wildman–Crippen MR) is 290 cm³/mol. The summed E-state index contributed by atoms with van der Waals surface area (Å²) in [6.45, 7) is 0. The van der Waals surface area contributed by atoms with Gasteiger partial charge in [0.25, 0.3) is 0 Å². The van der Waals surface area contributed by atoms with Gasteiger partial charge in [-0.25, -0.2) is 0 Å². The van der Waals surface area contributed by atoms with Gasteiger partial charge in [0.15, 0.2) is 0 Å². The van der Waals surface area contributed by atoms with Crippen LogP contribution in [0.4, 0.5) is 17.1 Å². The van der Waals surface area contributed by atoms with E-state index in [0.717, 1.165) is 33.9 Å². The zero-order chi connectivity index (χ0) is 45.0. The SMILES string of the molecule is c1ccc(-c2c(-c3ccccc3)c3cc(-c4cccc(N(c5cccc(-c6cccc7c8ccccc8n(-c8ccccc8)c67)c5)c5ccc6ccccc6c5)c4)ccc3c3ccccc23)cc1. The third-order valence-electron chi connectivity index (χ3n) is 13.7. The maximum absolute atomic E-state index is 2.43. The molecule has 1 aromatic heterocycles. The number of benzene rings is 12. The average Bonchev–Trinajstić information content (AvgIpc) is 3.76. The molecule has 12 aromatic carbocycles. The van der Waals surface area contributed by atoms with E-state index in [1.165, 1.54) is 87.5 Å². The van der Waals surface area contributed by atoms with Gasteiger partial charge in [-0.05, 0) is 132 Å². The van der Waals surface area contributed by atoms with Crippen LogP contribution in [0.3, 0.4) is 0 Å². The van der Waals surface area contributed by atoms with E-state index >= 15 is 0 Å². The van der Waals surface area contributed by atoms with Gasteiger partial charge in [-0.1, -0.05) is 206 Å². The first-order chi connectivity index (χ1) is 33.7. The fourth-order valence-electron chi connectivity index (χ4n) is 10.7. The van der Waals surface area contributed by atoms with Gasteiger partial charge in [0.2, 0.25) is 0 Å². The van der Waals surface area contributed by atoms with Gasteiger partial charge < -0.3 is 9.47 Å². The maximum atomic E-state index is 2.43. The molecule has 0 N–H and O–H groups in total. The normalized spacial score (nSPS) is 11.5. The van der Waals surface area contributed by atoms with Crippen LogP contribution in [-0.4, -0.2) is 4.57 Å². The van der Waals surface area contributed by atoms with Crippen molar-refractivity contribution in [3.63, 3.8) is 0 Å². The van der Waals surface area contributed by atoms with E-state index in [1.807, 2.05) is 0 Å². The number of nitrogens with zero attached hydrogens (tertiary/aromatic N) is 2. The maximum Gasteiger partial charge on any atom is 0.0619 e. The van der Waals surface area contributed by atoms with E-state index in [4.69, 9.17) is 0 Å². The van der Waals surface area contributed by atoms with Crippen LogP contribution in [0.25, 0.3) is 104 Å². The average molecular weight is 865 g/mol. The zero-order valence-corrected chi connectivity index (χ0v) is 37.3. The van der Waals surface area contributed by atoms with E-state index in [1.54, 1.807) is 0 Å². The minimum Gasteiger partial charge on any atom is -0.310 e. The highest BCUT2D eigenvalue weighted by Crippen LogP contribution is 2.47. The first-order valence-corrected chi connectivity index (χ1v) is 23.4. The van der Waals surface area contributed by atoms with Crippen LogP contribution < -0.4 is 4.90 Å². The second kappa shape index (κ2) is 16.5. The molecule has 0 fully saturated rings. The Kier molecular flexibility index (Phi) is 9.54. The summed E-state index contributed by atoms with van der Waals surface area (Å²) in [7, 11) is 0. The molecular formula is C66H44N2. The van der Waals surface area contributed by atoms with Crippen LogP contribution in [0.1, 0.15) is 0 Å². The van der Waals surface area contributed by atoms with Crippen LogP contribution >= 0.6 is 0 Å². The molecule has 13 rings (SSSR count). The highest BCUT2D eigenvalue weighted by atomic mass is 15.1. The molecule has 0 atom stereocenters. The zero-order valence-electron chi connectivity index (χ0n) is 37.3. The Bertz CT molecular complexity index is 4020. The Morgan fingerprint density at radius 1 is 0.265 bits per heavy atom. The van der Waals surface area contributed by atoms with E-state index in [9.17, 15) is 0 Å². The molecule has 0 spiro atoms. The molecule has 0 amide bonds. The Hall–Kier alpha value is -8.98. The molecule has 0 radical (unpaired) electrons. The molecule has 0 saturated carbocycles. The summed E-state index contributed by atoms with van der Waals surface area (Å²) < 4.78 is 2.43. The number of fused-ring (bicyclic) bond motifs is 7. The van der Waals surface area contributed by atoms with Crippen LogP contribution in [0.15, 0.2) is 267 Å². The second-order valence-corrected chi connectivity index (χ2v) is 17.6. The smallest absolute Gasteiger partial charge is 0.0619 e. The molecule has 0 aliphatic rings. The molecule has 13 aromatic rings. The van der Waals surface area contributed by atoms with Gasteiger partial charge in [-0.3, -0.25) is 0 Å². The predicted octanol–water partition coefficient (Wildman–Crippen LogP) is 18.4. The quantitative estimate of drug-likeness (QED) is 0.138. The Morgan fingerprint density at radius 3 is 1.53 bits per heavy atom. The number of para-hydroxylation sites is 3. The third-order valence-corrected chi connectivity index (χ3v) is 13.7. The van der Waals surface area contributed by atoms with Gasteiger partial charge in [-0.15, -0.1) is 0 Å². The van der Waals surface area contributed by atoms with Gasteiger partial charge in [0, 0.05) is 39.1 Å². The molecule has 0 bridgehead atoms. The van der Waals surface area contributed by atoms with Crippen LogP contribution in [-0.2, 0) is 0 Å². The molecule has 2 nitrogen and oxygen atoms in total. The molecule has 1 heterocycles. The summed E-state index contributed by atoms with van der Waals surface area (Å²) in [5, 5.41) is 9.88. The second-order valence-electron chi connectivity index (χ2n) is 17.6. The molecule has 318 valence electrons. The lowest BCUT2D eigenvalue weighted by molar-refractivity contribution is 1.18. The number of hydrogen-bond donors (Lipinski definition) is 0. The first-order valence-electron chi connectivity index (χ1n) is 23.4. The lowest BCUT2D eigenvalue weighted by Gasteiger charge is -2.27. The Morgan fingerprint density at radius 2 is 0.779 bits per heavy atom. The van der Waals surface area contributed by atoms with E-state index in [-0.39, 0.29) is 0 Å². The summed E-state index contributed by atoms with van der Waals surface area (Å²) in [6, 6.07) is 97.6. The topological polar surface area (TPSA) is 8.17 Å². The van der Waals surface area contributed by atoms with Crippen molar-refractivity contribution in [3.05, 3.63) is 267 Å². The van der Waals surface area contributed by atoms with E-state index < -0.39 is 0 Å². The molecule has 68 heavy (non-hydrogen) atoms. The first kappa shape index (κ1) is 39.4. The largest absolute Gasteiger partial charge is 0.310 e. The van der Waals surface area contributed by atoms with Gasteiger partial charge in [0.1, 0.15) is 0 Å². The summed E-state index contributed by atoms with van der Waals surface area (Å²) in [5.41, 5.74) is 16.4. The standard InChI is InChI=1S/C66H44N2/c1-4-20-46(21-5-1)64-60-33-13-12-31-57(60)58-40-38-50(44-62(58)65(64)47-22-6-2-7-23-47)49-25-16-29-53(42-49)67(55-39-37-45-19-10-11-24-48(45)41-55)54-30-17-26-51(43-54)56-34-18-35-61-59-32-14-15-36-63(59)68(66(56)61)52-27-8-3-9-28-52/h1-44H. The van der Waals surface area contributed by atoms with Crippen molar-refractivity contribution in [2.45, 2.75) is 0 Å². The molecule has 0 aliphatic heterocycles. The van der Waals surface area contributed by atoms with Crippen molar-refractivity contribution in [1.82, 2.24) is 4.57 Å². The lowest BCUT2D eigenvalue weighted by atomic mass is 9.84. The lowest BCUT2D eigenvalue weighted by Crippen LogP contribution is -2.10.